The summed E-state index contributed by atoms with van der Waals surface area (Å²) in [6.45, 7) is 3.14. The minimum atomic E-state index is -0.110. The number of carbonyl (C=O) groups excluding carboxylic acids is 2. The molecule has 2 heterocycles. The fourth-order valence-electron chi connectivity index (χ4n) is 3.59. The van der Waals surface area contributed by atoms with Crippen LogP contribution in [0.4, 0.5) is 0 Å². The number of nitrogens with zero attached hydrogens (tertiary/aromatic N) is 3. The molecule has 0 spiro atoms. The minimum Gasteiger partial charge on any atom is -0.348 e. The van der Waals surface area contributed by atoms with Crippen molar-refractivity contribution in [3.8, 4) is 0 Å². The van der Waals surface area contributed by atoms with Crippen LogP contribution in [0.2, 0.25) is 0 Å². The Balaban J connectivity index is 1.65. The summed E-state index contributed by atoms with van der Waals surface area (Å²) >= 11 is 0. The summed E-state index contributed by atoms with van der Waals surface area (Å²) in [6.07, 6.45) is 9.34. The van der Waals surface area contributed by atoms with Crippen LogP contribution in [-0.4, -0.2) is 45.8 Å². The maximum absolute atomic E-state index is 12.5. The van der Waals surface area contributed by atoms with Gasteiger partial charge >= 0.3 is 0 Å². The van der Waals surface area contributed by atoms with Gasteiger partial charge in [0.1, 0.15) is 5.69 Å². The maximum Gasteiger partial charge on any atom is 0.271 e. The number of likely N-dealkylation sites (tertiary alicyclic amines) is 1. The minimum absolute atomic E-state index is 0.110. The first-order chi connectivity index (χ1) is 11.1. The SMILES string of the molecule is CC(=O)N1CCC(Cc2nccnc2C(=O)NC2CCCC2)C1. The normalized spacial score (nSPS) is 21.6. The second-order valence-corrected chi connectivity index (χ2v) is 6.63. The smallest absolute Gasteiger partial charge is 0.271 e. The lowest BCUT2D eigenvalue weighted by atomic mass is 10.0. The quantitative estimate of drug-likeness (QED) is 0.914. The van der Waals surface area contributed by atoms with Gasteiger partial charge in [-0.05, 0) is 31.6 Å². The highest BCUT2D eigenvalue weighted by molar-refractivity contribution is 5.93. The highest BCUT2D eigenvalue weighted by Crippen LogP contribution is 2.22. The lowest BCUT2D eigenvalue weighted by molar-refractivity contribution is -0.127. The molecule has 1 saturated carbocycles. The van der Waals surface area contributed by atoms with Crippen LogP contribution >= 0.6 is 0 Å². The van der Waals surface area contributed by atoms with Gasteiger partial charge in [0, 0.05) is 38.4 Å². The number of carbonyl (C=O) groups is 2. The van der Waals surface area contributed by atoms with Gasteiger partial charge in [0.2, 0.25) is 5.91 Å². The number of rotatable bonds is 4. The first-order valence-corrected chi connectivity index (χ1v) is 8.49. The van der Waals surface area contributed by atoms with Crippen molar-refractivity contribution in [2.75, 3.05) is 13.1 Å². The van der Waals surface area contributed by atoms with E-state index in [-0.39, 0.29) is 17.9 Å². The number of hydrogen-bond acceptors (Lipinski definition) is 4. The van der Waals surface area contributed by atoms with Gasteiger partial charge in [-0.2, -0.15) is 0 Å². The molecule has 2 fully saturated rings. The second-order valence-electron chi connectivity index (χ2n) is 6.63. The second kappa shape index (κ2) is 7.06. The van der Waals surface area contributed by atoms with E-state index in [9.17, 15) is 9.59 Å². The number of hydrogen-bond donors (Lipinski definition) is 1. The molecule has 124 valence electrons. The van der Waals surface area contributed by atoms with Crippen LogP contribution in [0, 0.1) is 5.92 Å². The van der Waals surface area contributed by atoms with Crippen LogP contribution in [0.1, 0.15) is 55.2 Å². The molecule has 1 N–H and O–H groups in total. The molecule has 6 heteroatoms. The van der Waals surface area contributed by atoms with Gasteiger partial charge in [0.25, 0.3) is 5.91 Å². The van der Waals surface area contributed by atoms with Gasteiger partial charge in [-0.1, -0.05) is 12.8 Å². The predicted octanol–water partition coefficient (Wildman–Crippen LogP) is 1.56. The van der Waals surface area contributed by atoms with E-state index in [0.717, 1.165) is 38.0 Å². The van der Waals surface area contributed by atoms with Gasteiger partial charge in [-0.3, -0.25) is 14.6 Å². The standard InChI is InChI=1S/C17H24N4O2/c1-12(22)21-9-6-13(11-21)10-15-16(19-8-7-18-15)17(23)20-14-4-2-3-5-14/h7-8,13-14H,2-6,9-11H2,1H3,(H,20,23). The third-order valence-corrected chi connectivity index (χ3v) is 4.89. The van der Waals surface area contributed by atoms with Crippen molar-refractivity contribution < 1.29 is 9.59 Å². The van der Waals surface area contributed by atoms with Gasteiger partial charge in [-0.15, -0.1) is 0 Å². The highest BCUT2D eigenvalue weighted by Gasteiger charge is 2.27. The third-order valence-electron chi connectivity index (χ3n) is 4.89. The molecule has 1 saturated heterocycles. The summed E-state index contributed by atoms with van der Waals surface area (Å²) < 4.78 is 0. The topological polar surface area (TPSA) is 75.2 Å². The molecule has 1 atom stereocenters. The van der Waals surface area contributed by atoms with E-state index < -0.39 is 0 Å². The fraction of sp³-hybridized carbons (Fsp3) is 0.647. The van der Waals surface area contributed by atoms with E-state index in [4.69, 9.17) is 0 Å². The van der Waals surface area contributed by atoms with E-state index in [0.29, 0.717) is 18.0 Å². The zero-order chi connectivity index (χ0) is 16.2. The third kappa shape index (κ3) is 3.86. The van der Waals surface area contributed by atoms with Crippen molar-refractivity contribution >= 4 is 11.8 Å². The van der Waals surface area contributed by atoms with E-state index in [1.165, 1.54) is 12.8 Å². The summed E-state index contributed by atoms with van der Waals surface area (Å²) in [5.41, 5.74) is 1.19. The Morgan fingerprint density at radius 3 is 2.65 bits per heavy atom. The molecule has 3 rings (SSSR count). The molecule has 1 aliphatic carbocycles. The molecular weight excluding hydrogens is 292 g/mol. The average molecular weight is 316 g/mol. The van der Waals surface area contributed by atoms with Crippen molar-refractivity contribution in [1.29, 1.82) is 0 Å². The van der Waals surface area contributed by atoms with Gasteiger partial charge in [0.05, 0.1) is 5.69 Å². The molecule has 1 unspecified atom stereocenters. The van der Waals surface area contributed by atoms with Gasteiger partial charge in [-0.25, -0.2) is 4.98 Å². The van der Waals surface area contributed by atoms with E-state index in [2.05, 4.69) is 15.3 Å². The van der Waals surface area contributed by atoms with Crippen molar-refractivity contribution in [2.24, 2.45) is 5.92 Å². The molecule has 6 nitrogen and oxygen atoms in total. The molecule has 0 radical (unpaired) electrons. The van der Waals surface area contributed by atoms with E-state index in [1.807, 2.05) is 4.90 Å². The monoisotopic (exact) mass is 316 g/mol. The Morgan fingerprint density at radius 1 is 1.22 bits per heavy atom. The first-order valence-electron chi connectivity index (χ1n) is 8.49. The lowest BCUT2D eigenvalue weighted by Gasteiger charge is -2.16. The summed E-state index contributed by atoms with van der Waals surface area (Å²) in [7, 11) is 0. The molecule has 23 heavy (non-hydrogen) atoms. The lowest BCUT2D eigenvalue weighted by Crippen LogP contribution is -2.34. The van der Waals surface area contributed by atoms with Crippen molar-refractivity contribution in [3.05, 3.63) is 23.8 Å². The zero-order valence-electron chi connectivity index (χ0n) is 13.6. The highest BCUT2D eigenvalue weighted by atomic mass is 16.2. The Kier molecular flexibility index (Phi) is 4.88. The van der Waals surface area contributed by atoms with Crippen LogP contribution in [-0.2, 0) is 11.2 Å². The van der Waals surface area contributed by atoms with Crippen LogP contribution in [0.25, 0.3) is 0 Å². The maximum atomic E-state index is 12.5. The van der Waals surface area contributed by atoms with Crippen LogP contribution in [0.3, 0.4) is 0 Å². The summed E-state index contributed by atoms with van der Waals surface area (Å²) in [5, 5.41) is 3.08. The van der Waals surface area contributed by atoms with Crippen LogP contribution in [0.5, 0.6) is 0 Å². The van der Waals surface area contributed by atoms with Crippen LogP contribution < -0.4 is 5.32 Å². The van der Waals surface area contributed by atoms with E-state index >= 15 is 0 Å². The number of nitrogens with one attached hydrogen (secondary N) is 1. The van der Waals surface area contributed by atoms with Gasteiger partial charge in [0.15, 0.2) is 0 Å². The Labute approximate surface area is 136 Å². The Morgan fingerprint density at radius 2 is 1.96 bits per heavy atom. The summed E-state index contributed by atoms with van der Waals surface area (Å²) in [6, 6.07) is 0.275. The molecular formula is C17H24N4O2. The largest absolute Gasteiger partial charge is 0.348 e. The molecule has 2 aliphatic rings. The van der Waals surface area contributed by atoms with Gasteiger partial charge < -0.3 is 10.2 Å². The van der Waals surface area contributed by atoms with Crippen LogP contribution in [0.15, 0.2) is 12.4 Å². The fourth-order valence-corrected chi connectivity index (χ4v) is 3.59. The number of aromatic nitrogens is 2. The van der Waals surface area contributed by atoms with Crippen molar-refractivity contribution in [3.63, 3.8) is 0 Å². The average Bonchev–Trinajstić information content (AvgIpc) is 3.19. The molecule has 1 aliphatic heterocycles. The summed E-state index contributed by atoms with van der Waals surface area (Å²) in [4.78, 5) is 34.4. The Bertz CT molecular complexity index is 584. The molecule has 2 amide bonds. The molecule has 1 aromatic heterocycles. The van der Waals surface area contributed by atoms with Crippen molar-refractivity contribution in [2.45, 2.75) is 51.5 Å². The Hall–Kier alpha value is -1.98. The van der Waals surface area contributed by atoms with Crippen molar-refractivity contribution in [1.82, 2.24) is 20.2 Å². The predicted molar refractivity (Wildman–Crippen MR) is 85.8 cm³/mol. The first kappa shape index (κ1) is 15.9. The van der Waals surface area contributed by atoms with E-state index in [1.54, 1.807) is 19.3 Å². The molecule has 0 aromatic carbocycles. The summed E-state index contributed by atoms with van der Waals surface area (Å²) in [5.74, 6) is 0.362. The zero-order valence-corrected chi connectivity index (χ0v) is 13.6. The molecule has 1 aromatic rings. The number of amides is 2. The molecule has 0 bridgehead atoms.